The van der Waals surface area contributed by atoms with Gasteiger partial charge in [0.2, 0.25) is 5.75 Å². The molecule has 0 radical (unpaired) electrons. The van der Waals surface area contributed by atoms with Gasteiger partial charge in [0.05, 0.1) is 0 Å². The second-order valence-corrected chi connectivity index (χ2v) is 2.69. The molecule has 0 saturated carbocycles. The summed E-state index contributed by atoms with van der Waals surface area (Å²) in [6, 6.07) is 3.91. The number of benzene rings is 1. The molecule has 0 aromatic heterocycles. The third-order valence-electron chi connectivity index (χ3n) is 1.40. The Kier molecular flexibility index (Phi) is 2.80. The molecule has 1 aromatic rings. The SMILES string of the molecule is Oc1cccc(OCC(O)(O)O)c1O. The molecule has 0 bridgehead atoms. The van der Waals surface area contributed by atoms with Crippen LogP contribution in [0.25, 0.3) is 0 Å². The summed E-state index contributed by atoms with van der Waals surface area (Å²) in [5.41, 5.74) is 0. The second-order valence-electron chi connectivity index (χ2n) is 2.69. The van der Waals surface area contributed by atoms with E-state index >= 15 is 0 Å². The van der Waals surface area contributed by atoms with E-state index in [0.29, 0.717) is 0 Å². The summed E-state index contributed by atoms with van der Waals surface area (Å²) in [4.78, 5) is 0. The highest BCUT2D eigenvalue weighted by Crippen LogP contribution is 2.34. The molecular weight excluding hydrogens is 192 g/mol. The van der Waals surface area contributed by atoms with Crippen molar-refractivity contribution in [2.75, 3.05) is 6.61 Å². The Balaban J connectivity index is 2.73. The van der Waals surface area contributed by atoms with E-state index in [9.17, 15) is 5.11 Å². The van der Waals surface area contributed by atoms with Crippen molar-refractivity contribution in [3.8, 4) is 17.2 Å². The molecule has 1 rings (SSSR count). The average molecular weight is 202 g/mol. The first-order chi connectivity index (χ1) is 6.40. The van der Waals surface area contributed by atoms with Crippen LogP contribution in [0.5, 0.6) is 17.2 Å². The van der Waals surface area contributed by atoms with Gasteiger partial charge in [-0.1, -0.05) is 6.07 Å². The molecule has 0 atom stereocenters. The number of phenols is 2. The lowest BCUT2D eigenvalue weighted by Crippen LogP contribution is -2.34. The first-order valence-corrected chi connectivity index (χ1v) is 3.71. The highest BCUT2D eigenvalue weighted by atomic mass is 16.7. The zero-order valence-corrected chi connectivity index (χ0v) is 7.08. The van der Waals surface area contributed by atoms with Crippen molar-refractivity contribution < 1.29 is 30.3 Å². The molecule has 5 N–H and O–H groups in total. The molecule has 1 aromatic carbocycles. The van der Waals surface area contributed by atoms with Crippen LogP contribution in [0, 0.1) is 0 Å². The smallest absolute Gasteiger partial charge is 0.311 e. The molecule has 0 heterocycles. The van der Waals surface area contributed by atoms with E-state index in [1.54, 1.807) is 0 Å². The van der Waals surface area contributed by atoms with Crippen LogP contribution in [-0.4, -0.2) is 38.1 Å². The fourth-order valence-electron chi connectivity index (χ4n) is 0.802. The first-order valence-electron chi connectivity index (χ1n) is 3.71. The molecule has 14 heavy (non-hydrogen) atoms. The van der Waals surface area contributed by atoms with Crippen LogP contribution >= 0.6 is 0 Å². The zero-order chi connectivity index (χ0) is 10.8. The highest BCUT2D eigenvalue weighted by Gasteiger charge is 2.20. The van der Waals surface area contributed by atoms with Crippen molar-refractivity contribution in [3.05, 3.63) is 18.2 Å². The Morgan fingerprint density at radius 1 is 1.14 bits per heavy atom. The minimum absolute atomic E-state index is 0.161. The number of rotatable bonds is 3. The molecule has 0 fully saturated rings. The lowest BCUT2D eigenvalue weighted by molar-refractivity contribution is -0.322. The molecule has 0 spiro atoms. The van der Waals surface area contributed by atoms with Crippen molar-refractivity contribution >= 4 is 0 Å². The maximum Gasteiger partial charge on any atom is 0.311 e. The van der Waals surface area contributed by atoms with E-state index in [1.807, 2.05) is 0 Å². The minimum Gasteiger partial charge on any atom is -0.504 e. The predicted molar refractivity (Wildman–Crippen MR) is 44.7 cm³/mol. The number of hydrogen-bond donors (Lipinski definition) is 5. The Hall–Kier alpha value is -1.50. The molecule has 0 unspecified atom stereocenters. The van der Waals surface area contributed by atoms with Gasteiger partial charge in [-0.3, -0.25) is 0 Å². The predicted octanol–water partition coefficient (Wildman–Crippen LogP) is -0.893. The molecule has 6 nitrogen and oxygen atoms in total. The third kappa shape index (κ3) is 2.77. The lowest BCUT2D eigenvalue weighted by Gasteiger charge is -2.15. The van der Waals surface area contributed by atoms with E-state index in [0.717, 1.165) is 0 Å². The number of hydrogen-bond acceptors (Lipinski definition) is 6. The summed E-state index contributed by atoms with van der Waals surface area (Å²) in [6.45, 7) is -0.843. The molecule has 0 amide bonds. The van der Waals surface area contributed by atoms with Gasteiger partial charge >= 0.3 is 5.97 Å². The normalized spacial score (nSPS) is 11.4. The standard InChI is InChI=1S/C8H10O6/c9-5-2-1-3-6(7(5)10)14-4-8(11,12)13/h1-3,9-13H,4H2. The Bertz CT molecular complexity index is 316. The topological polar surface area (TPSA) is 110 Å². The van der Waals surface area contributed by atoms with Crippen molar-refractivity contribution in [1.29, 1.82) is 0 Å². The Labute approximate surface area is 79.2 Å². The fourth-order valence-corrected chi connectivity index (χ4v) is 0.802. The maximum absolute atomic E-state index is 9.17. The number of aliphatic hydroxyl groups is 3. The van der Waals surface area contributed by atoms with Gasteiger partial charge in [0.25, 0.3) is 0 Å². The zero-order valence-electron chi connectivity index (χ0n) is 7.08. The monoisotopic (exact) mass is 202 g/mol. The van der Waals surface area contributed by atoms with Crippen molar-refractivity contribution in [2.24, 2.45) is 0 Å². The fraction of sp³-hybridized carbons (Fsp3) is 0.250. The lowest BCUT2D eigenvalue weighted by atomic mass is 10.3. The van der Waals surface area contributed by atoms with Gasteiger partial charge in [0.1, 0.15) is 0 Å². The molecule has 0 saturated heterocycles. The molecule has 0 aliphatic heterocycles. The van der Waals surface area contributed by atoms with E-state index in [2.05, 4.69) is 4.74 Å². The van der Waals surface area contributed by atoms with E-state index < -0.39 is 24.1 Å². The average Bonchev–Trinajstić information content (AvgIpc) is 2.06. The van der Waals surface area contributed by atoms with Gasteiger partial charge in [0.15, 0.2) is 18.1 Å². The van der Waals surface area contributed by atoms with Crippen molar-refractivity contribution in [2.45, 2.75) is 5.97 Å². The number of para-hydroxylation sites is 1. The Morgan fingerprint density at radius 3 is 2.36 bits per heavy atom. The second kappa shape index (κ2) is 3.70. The van der Waals surface area contributed by atoms with Gasteiger partial charge in [0, 0.05) is 0 Å². The summed E-state index contributed by atoms with van der Waals surface area (Å²) >= 11 is 0. The summed E-state index contributed by atoms with van der Waals surface area (Å²) in [6.07, 6.45) is 0. The van der Waals surface area contributed by atoms with E-state index in [4.69, 9.17) is 20.4 Å². The van der Waals surface area contributed by atoms with Crippen LogP contribution in [0.15, 0.2) is 18.2 Å². The van der Waals surface area contributed by atoms with Gasteiger partial charge in [-0.15, -0.1) is 0 Å². The molecule has 0 aliphatic carbocycles. The largest absolute Gasteiger partial charge is 0.504 e. The van der Waals surface area contributed by atoms with Gasteiger partial charge in [-0.25, -0.2) is 0 Å². The molecular formula is C8H10O6. The van der Waals surface area contributed by atoms with Crippen LogP contribution in [0.4, 0.5) is 0 Å². The molecule has 6 heteroatoms. The van der Waals surface area contributed by atoms with Gasteiger partial charge < -0.3 is 30.3 Å². The first kappa shape index (κ1) is 10.6. The summed E-state index contributed by atoms with van der Waals surface area (Å²) < 4.78 is 4.62. The third-order valence-corrected chi connectivity index (χ3v) is 1.40. The van der Waals surface area contributed by atoms with Crippen LogP contribution in [-0.2, 0) is 0 Å². The number of phenolic OH excluding ortho intramolecular Hbond substituents is 2. The quantitative estimate of drug-likeness (QED) is 0.321. The van der Waals surface area contributed by atoms with E-state index in [-0.39, 0.29) is 5.75 Å². The van der Waals surface area contributed by atoms with Crippen LogP contribution in [0.3, 0.4) is 0 Å². The van der Waals surface area contributed by atoms with Crippen molar-refractivity contribution in [1.82, 2.24) is 0 Å². The van der Waals surface area contributed by atoms with Gasteiger partial charge in [-0.05, 0) is 12.1 Å². The summed E-state index contributed by atoms with van der Waals surface area (Å²) in [7, 11) is 0. The molecule has 78 valence electrons. The summed E-state index contributed by atoms with van der Waals surface area (Å²) in [5.74, 6) is -4.07. The summed E-state index contributed by atoms with van der Waals surface area (Å²) in [5, 5.41) is 43.6. The number of aromatic hydroxyl groups is 2. The number of ether oxygens (including phenoxy) is 1. The van der Waals surface area contributed by atoms with E-state index in [1.165, 1.54) is 18.2 Å². The van der Waals surface area contributed by atoms with Crippen LogP contribution in [0.1, 0.15) is 0 Å². The minimum atomic E-state index is -2.97. The molecule has 0 aliphatic rings. The van der Waals surface area contributed by atoms with Crippen LogP contribution < -0.4 is 4.74 Å². The van der Waals surface area contributed by atoms with Gasteiger partial charge in [-0.2, -0.15) is 0 Å². The van der Waals surface area contributed by atoms with Crippen molar-refractivity contribution in [3.63, 3.8) is 0 Å². The Morgan fingerprint density at radius 2 is 1.79 bits per heavy atom. The maximum atomic E-state index is 9.17. The highest BCUT2D eigenvalue weighted by molar-refractivity contribution is 5.48. The van der Waals surface area contributed by atoms with Crippen LogP contribution in [0.2, 0.25) is 0 Å².